The van der Waals surface area contributed by atoms with E-state index in [1.54, 1.807) is 55.6 Å². The Balaban J connectivity index is 1.64. The number of fused-ring (bicyclic) bond motifs is 1. The predicted octanol–water partition coefficient (Wildman–Crippen LogP) is 4.71. The normalized spacial score (nSPS) is 16.2. The summed E-state index contributed by atoms with van der Waals surface area (Å²) < 4.78 is 45.3. The number of hydrogen-bond donors (Lipinski definition) is 1. The Labute approximate surface area is 218 Å². The molecule has 0 bridgehead atoms. The van der Waals surface area contributed by atoms with E-state index < -0.39 is 28.1 Å². The van der Waals surface area contributed by atoms with Gasteiger partial charge in [-0.2, -0.15) is 0 Å². The van der Waals surface area contributed by atoms with Gasteiger partial charge in [0.15, 0.2) is 0 Å². The molecule has 0 saturated carbocycles. The molecule has 0 radical (unpaired) electrons. The van der Waals surface area contributed by atoms with Crippen LogP contribution >= 0.6 is 0 Å². The molecule has 37 heavy (non-hydrogen) atoms. The average Bonchev–Trinajstić information content (AvgIpc) is 2.88. The Kier molecular flexibility index (Phi) is 7.63. The molecule has 0 aliphatic carbocycles. The van der Waals surface area contributed by atoms with Crippen LogP contribution in [0.25, 0.3) is 0 Å². The van der Waals surface area contributed by atoms with Crippen LogP contribution in [0.1, 0.15) is 38.8 Å². The molecule has 0 fully saturated rings. The van der Waals surface area contributed by atoms with Gasteiger partial charge in [0.2, 0.25) is 5.91 Å². The van der Waals surface area contributed by atoms with Crippen LogP contribution in [0.5, 0.6) is 17.2 Å². The molecule has 1 amide bonds. The SMILES string of the molecule is CCOc1ccc(N(CC(=O)NC2CC(C)(C)Oc3ccc(OC)cc32)S(=O)(=O)c2ccccc2)cc1. The topological polar surface area (TPSA) is 94.2 Å². The Morgan fingerprint density at radius 3 is 2.38 bits per heavy atom. The third kappa shape index (κ3) is 5.99. The number of carbonyl (C=O) groups is 1. The second kappa shape index (κ2) is 10.7. The molecule has 3 aromatic carbocycles. The fourth-order valence-electron chi connectivity index (χ4n) is 4.37. The van der Waals surface area contributed by atoms with E-state index in [-0.39, 0.29) is 10.9 Å². The highest BCUT2D eigenvalue weighted by molar-refractivity contribution is 7.92. The summed E-state index contributed by atoms with van der Waals surface area (Å²) in [6, 6.07) is 19.8. The first kappa shape index (κ1) is 26.3. The zero-order valence-corrected chi connectivity index (χ0v) is 22.2. The Morgan fingerprint density at radius 2 is 1.73 bits per heavy atom. The minimum Gasteiger partial charge on any atom is -0.497 e. The van der Waals surface area contributed by atoms with E-state index in [9.17, 15) is 13.2 Å². The zero-order valence-electron chi connectivity index (χ0n) is 21.4. The van der Waals surface area contributed by atoms with Gasteiger partial charge in [0, 0.05) is 12.0 Å². The van der Waals surface area contributed by atoms with Crippen molar-refractivity contribution in [1.82, 2.24) is 5.32 Å². The molecule has 8 nitrogen and oxygen atoms in total. The molecular formula is C28H32N2O6S. The van der Waals surface area contributed by atoms with E-state index in [0.717, 1.165) is 9.87 Å². The molecule has 1 heterocycles. The first-order valence-corrected chi connectivity index (χ1v) is 13.5. The van der Waals surface area contributed by atoms with Gasteiger partial charge in [0.25, 0.3) is 10.0 Å². The lowest BCUT2D eigenvalue weighted by atomic mass is 9.89. The highest BCUT2D eigenvalue weighted by atomic mass is 32.2. The minimum atomic E-state index is -4.02. The van der Waals surface area contributed by atoms with E-state index >= 15 is 0 Å². The van der Waals surface area contributed by atoms with Gasteiger partial charge in [-0.3, -0.25) is 9.10 Å². The number of sulfonamides is 1. The number of amides is 1. The summed E-state index contributed by atoms with van der Waals surface area (Å²) in [5.74, 6) is 1.47. The molecule has 1 aliphatic heterocycles. The lowest BCUT2D eigenvalue weighted by molar-refractivity contribution is -0.120. The number of methoxy groups -OCH3 is 1. The molecule has 1 atom stereocenters. The maximum atomic E-state index is 13.6. The lowest BCUT2D eigenvalue weighted by Gasteiger charge is -2.38. The molecule has 4 rings (SSSR count). The summed E-state index contributed by atoms with van der Waals surface area (Å²) in [5, 5.41) is 3.03. The fourth-order valence-corrected chi connectivity index (χ4v) is 5.81. The van der Waals surface area contributed by atoms with Crippen LogP contribution in [0.15, 0.2) is 77.7 Å². The summed E-state index contributed by atoms with van der Waals surface area (Å²) in [6.45, 7) is 5.86. The van der Waals surface area contributed by atoms with Crippen LogP contribution in [-0.4, -0.2) is 40.2 Å². The number of nitrogens with zero attached hydrogens (tertiary/aromatic N) is 1. The van der Waals surface area contributed by atoms with Crippen LogP contribution in [0.4, 0.5) is 5.69 Å². The number of carbonyl (C=O) groups excluding carboxylic acids is 1. The monoisotopic (exact) mass is 524 g/mol. The second-order valence-corrected chi connectivity index (χ2v) is 11.2. The molecule has 0 spiro atoms. The van der Waals surface area contributed by atoms with Gasteiger partial charge >= 0.3 is 0 Å². The molecule has 1 aliphatic rings. The van der Waals surface area contributed by atoms with E-state index in [0.29, 0.717) is 36.0 Å². The van der Waals surface area contributed by atoms with Crippen molar-refractivity contribution in [3.05, 3.63) is 78.4 Å². The van der Waals surface area contributed by atoms with Crippen molar-refractivity contribution in [2.45, 2.75) is 43.7 Å². The van der Waals surface area contributed by atoms with Crippen molar-refractivity contribution in [3.63, 3.8) is 0 Å². The van der Waals surface area contributed by atoms with Gasteiger partial charge < -0.3 is 19.5 Å². The third-order valence-corrected chi connectivity index (χ3v) is 7.85. The maximum absolute atomic E-state index is 13.6. The molecule has 9 heteroatoms. The van der Waals surface area contributed by atoms with Gasteiger partial charge in [-0.05, 0) is 75.4 Å². The van der Waals surface area contributed by atoms with Crippen LogP contribution in [0, 0.1) is 0 Å². The van der Waals surface area contributed by atoms with Crippen molar-refractivity contribution in [2.24, 2.45) is 0 Å². The Hall–Kier alpha value is -3.72. The van der Waals surface area contributed by atoms with Gasteiger partial charge in [0.05, 0.1) is 30.3 Å². The van der Waals surface area contributed by atoms with Crippen LogP contribution in [-0.2, 0) is 14.8 Å². The van der Waals surface area contributed by atoms with Gasteiger partial charge in [-0.25, -0.2) is 8.42 Å². The van der Waals surface area contributed by atoms with Crippen molar-refractivity contribution in [1.29, 1.82) is 0 Å². The standard InChI is InChI=1S/C28H32N2O6S/c1-5-35-21-13-11-20(12-14-21)30(37(32,33)23-9-7-6-8-10-23)19-27(31)29-25-18-28(2,3)36-26-16-15-22(34-4)17-24(25)26/h6-17,25H,5,18-19H2,1-4H3,(H,29,31). The van der Waals surface area contributed by atoms with Crippen molar-refractivity contribution in [2.75, 3.05) is 24.6 Å². The molecule has 0 saturated heterocycles. The van der Waals surface area contributed by atoms with Crippen molar-refractivity contribution < 1.29 is 27.4 Å². The molecular weight excluding hydrogens is 492 g/mol. The highest BCUT2D eigenvalue weighted by Gasteiger charge is 2.36. The summed E-state index contributed by atoms with van der Waals surface area (Å²) in [4.78, 5) is 13.5. The van der Waals surface area contributed by atoms with Crippen LogP contribution < -0.4 is 23.8 Å². The molecule has 0 aromatic heterocycles. The summed E-state index contributed by atoms with van der Waals surface area (Å²) >= 11 is 0. The summed E-state index contributed by atoms with van der Waals surface area (Å²) in [5.41, 5.74) is 0.618. The summed E-state index contributed by atoms with van der Waals surface area (Å²) in [7, 11) is -2.45. The Bertz CT molecular complexity index is 1340. The van der Waals surface area contributed by atoms with Crippen LogP contribution in [0.3, 0.4) is 0 Å². The number of nitrogens with one attached hydrogen (secondary N) is 1. The lowest BCUT2D eigenvalue weighted by Crippen LogP contribution is -2.45. The number of hydrogen-bond acceptors (Lipinski definition) is 6. The van der Waals surface area contributed by atoms with Crippen LogP contribution in [0.2, 0.25) is 0 Å². The fraction of sp³-hybridized carbons (Fsp3) is 0.321. The first-order valence-electron chi connectivity index (χ1n) is 12.1. The second-order valence-electron chi connectivity index (χ2n) is 9.34. The first-order chi connectivity index (χ1) is 17.6. The quantitative estimate of drug-likeness (QED) is 0.436. The Morgan fingerprint density at radius 1 is 1.05 bits per heavy atom. The number of anilines is 1. The van der Waals surface area contributed by atoms with Crippen molar-refractivity contribution >= 4 is 21.6 Å². The smallest absolute Gasteiger partial charge is 0.264 e. The highest BCUT2D eigenvalue weighted by Crippen LogP contribution is 2.41. The van der Waals surface area contributed by atoms with E-state index in [2.05, 4.69) is 5.32 Å². The maximum Gasteiger partial charge on any atom is 0.264 e. The molecule has 1 unspecified atom stereocenters. The largest absolute Gasteiger partial charge is 0.497 e. The minimum absolute atomic E-state index is 0.0963. The van der Waals surface area contributed by atoms with E-state index in [1.165, 1.54) is 12.1 Å². The van der Waals surface area contributed by atoms with Gasteiger partial charge in [-0.1, -0.05) is 18.2 Å². The average molecular weight is 525 g/mol. The summed E-state index contributed by atoms with van der Waals surface area (Å²) in [6.07, 6.45) is 0.507. The number of rotatable bonds is 9. The zero-order chi connectivity index (χ0) is 26.6. The van der Waals surface area contributed by atoms with Crippen molar-refractivity contribution in [3.8, 4) is 17.2 Å². The van der Waals surface area contributed by atoms with E-state index in [1.807, 2.05) is 32.9 Å². The van der Waals surface area contributed by atoms with E-state index in [4.69, 9.17) is 14.2 Å². The number of ether oxygens (including phenoxy) is 3. The molecule has 1 N–H and O–H groups in total. The predicted molar refractivity (Wildman–Crippen MR) is 142 cm³/mol. The van der Waals surface area contributed by atoms with Gasteiger partial charge in [0.1, 0.15) is 29.4 Å². The molecule has 3 aromatic rings. The molecule has 196 valence electrons. The number of benzene rings is 3. The third-order valence-electron chi connectivity index (χ3n) is 6.06. The van der Waals surface area contributed by atoms with Gasteiger partial charge in [-0.15, -0.1) is 0 Å².